The van der Waals surface area contributed by atoms with Gasteiger partial charge < -0.3 is 30.4 Å². The van der Waals surface area contributed by atoms with Gasteiger partial charge in [-0.05, 0) is 109 Å². The number of aliphatic carboxylic acids is 1. The second kappa shape index (κ2) is 12.0. The van der Waals surface area contributed by atoms with Crippen molar-refractivity contribution in [1.82, 2.24) is 25.5 Å². The molecule has 0 aromatic carbocycles. The molecule has 3 saturated carbocycles. The highest BCUT2D eigenvalue weighted by atomic mass is 16.5. The first-order valence-electron chi connectivity index (χ1n) is 19.1. The van der Waals surface area contributed by atoms with E-state index in [0.29, 0.717) is 50.8 Å². The molecular formula is C38H62N6O5. The molecule has 1 aromatic heterocycles. The molecule has 4 aliphatic carbocycles. The molecule has 11 atom stereocenters. The van der Waals surface area contributed by atoms with Crippen LogP contribution >= 0.6 is 0 Å². The van der Waals surface area contributed by atoms with Crippen LogP contribution in [-0.2, 0) is 19.0 Å². The highest BCUT2D eigenvalue weighted by Crippen LogP contribution is 2.75. The van der Waals surface area contributed by atoms with Gasteiger partial charge in [-0.15, -0.1) is 5.10 Å². The van der Waals surface area contributed by atoms with Crippen LogP contribution in [0.2, 0.25) is 0 Å². The molecule has 4 N–H and O–H groups in total. The molecule has 11 nitrogen and oxygen atoms in total. The number of nitrogens with zero attached hydrogens (tertiary/aromatic N) is 4. The second-order valence-corrected chi connectivity index (χ2v) is 18.5. The maximum Gasteiger partial charge on any atom is 0.307 e. The van der Waals surface area contributed by atoms with Crippen molar-refractivity contribution in [3.05, 3.63) is 11.6 Å². The standard InChI is InChI=1S/C38H62N6O5/c1-23(2)24(3)34(5)13-14-35(6)25-9-10-28-33(4)19-27(44-42-32(39)41-43-44)30(49-21-37(40-8)15-17-47-18-16-37)38(28,22-48-20-33)26(25)11-12-36(35,7)29(34)31(45)46/h11,23-25,27-30,40H,9-10,12-22H2,1-8H3,(H2,39,42)(H,45,46)/t24-,25+,27-,28-,29-,30+,33-,34-,35-,36+,38+/m1/s1. The number of allylic oxidation sites excluding steroid dienone is 1. The molecule has 0 spiro atoms. The maximum atomic E-state index is 13.5. The van der Waals surface area contributed by atoms with E-state index < -0.39 is 22.7 Å². The Balaban J connectivity index is 1.36. The molecule has 0 radical (unpaired) electrons. The Hall–Kier alpha value is -2.08. The molecule has 0 unspecified atom stereocenters. The van der Waals surface area contributed by atoms with Crippen LogP contribution in [0.25, 0.3) is 0 Å². The van der Waals surface area contributed by atoms with Crippen LogP contribution in [-0.4, -0.2) is 83.0 Å². The summed E-state index contributed by atoms with van der Waals surface area (Å²) < 4.78 is 19.9. The van der Waals surface area contributed by atoms with Gasteiger partial charge in [0.25, 0.3) is 5.95 Å². The summed E-state index contributed by atoms with van der Waals surface area (Å²) in [6.07, 6.45) is 9.59. The van der Waals surface area contributed by atoms with Gasteiger partial charge >= 0.3 is 5.97 Å². The molecule has 1 aromatic rings. The van der Waals surface area contributed by atoms with Crippen molar-refractivity contribution in [3.8, 4) is 0 Å². The molecular weight excluding hydrogens is 620 g/mol. The van der Waals surface area contributed by atoms with E-state index in [9.17, 15) is 9.90 Å². The van der Waals surface area contributed by atoms with Crippen LogP contribution in [0.4, 0.5) is 5.95 Å². The number of likely N-dealkylation sites (N-methyl/N-ethyl adjacent to an activating group) is 1. The number of hydrogen-bond donors (Lipinski definition) is 3. The fourth-order valence-corrected chi connectivity index (χ4v) is 12.9. The molecule has 6 aliphatic rings. The zero-order valence-electron chi connectivity index (χ0n) is 31.3. The van der Waals surface area contributed by atoms with E-state index in [4.69, 9.17) is 19.9 Å². The van der Waals surface area contributed by atoms with Crippen molar-refractivity contribution in [2.24, 2.45) is 56.7 Å². The summed E-state index contributed by atoms with van der Waals surface area (Å²) in [4.78, 5) is 15.3. The van der Waals surface area contributed by atoms with Gasteiger partial charge in [0.2, 0.25) is 0 Å². The Kier molecular flexibility index (Phi) is 8.64. The average molecular weight is 683 g/mol. The molecule has 2 aliphatic heterocycles. The molecule has 3 heterocycles. The van der Waals surface area contributed by atoms with E-state index in [1.165, 1.54) is 5.57 Å². The lowest BCUT2D eigenvalue weighted by molar-refractivity contribution is -0.256. The van der Waals surface area contributed by atoms with Gasteiger partial charge in [-0.3, -0.25) is 4.79 Å². The Morgan fingerprint density at radius 2 is 1.82 bits per heavy atom. The Labute approximate surface area is 292 Å². The highest BCUT2D eigenvalue weighted by molar-refractivity contribution is 5.73. The number of nitrogens with one attached hydrogen (secondary N) is 1. The summed E-state index contributed by atoms with van der Waals surface area (Å²) in [5, 5.41) is 28.0. The third-order valence-electron chi connectivity index (χ3n) is 16.3. The fourth-order valence-electron chi connectivity index (χ4n) is 12.9. The third kappa shape index (κ3) is 4.94. The number of hydrogen-bond acceptors (Lipinski definition) is 9. The monoisotopic (exact) mass is 682 g/mol. The summed E-state index contributed by atoms with van der Waals surface area (Å²) in [5.74, 6) is 0.396. The predicted molar refractivity (Wildman–Crippen MR) is 186 cm³/mol. The largest absolute Gasteiger partial charge is 0.481 e. The number of fused-ring (bicyclic) bond motifs is 3. The Morgan fingerprint density at radius 1 is 1.08 bits per heavy atom. The van der Waals surface area contributed by atoms with E-state index in [1.807, 2.05) is 7.05 Å². The van der Waals surface area contributed by atoms with E-state index in [0.717, 1.165) is 51.4 Å². The Morgan fingerprint density at radius 3 is 2.45 bits per heavy atom. The van der Waals surface area contributed by atoms with Crippen LogP contribution < -0.4 is 11.1 Å². The molecule has 2 saturated heterocycles. The minimum atomic E-state index is -0.636. The van der Waals surface area contributed by atoms with Crippen molar-refractivity contribution in [2.45, 2.75) is 118 Å². The number of nitrogens with two attached hydrogens (primary N) is 1. The number of carboxylic acids is 1. The summed E-state index contributed by atoms with van der Waals surface area (Å²) in [6.45, 7) is 19.4. The summed E-state index contributed by atoms with van der Waals surface area (Å²) in [6, 6.07) is -0.169. The lowest BCUT2D eigenvalue weighted by Crippen LogP contribution is -2.70. The minimum absolute atomic E-state index is 0.112. The van der Waals surface area contributed by atoms with E-state index in [-0.39, 0.29) is 45.8 Å². The zero-order chi connectivity index (χ0) is 35.2. The number of carbonyl (C=O) groups is 1. The number of anilines is 1. The number of tetrazole rings is 1. The topological polar surface area (TPSA) is 147 Å². The van der Waals surface area contributed by atoms with Crippen LogP contribution in [0.3, 0.4) is 0 Å². The quantitative estimate of drug-likeness (QED) is 0.299. The van der Waals surface area contributed by atoms with Crippen molar-refractivity contribution < 1.29 is 24.1 Å². The lowest BCUT2D eigenvalue weighted by Gasteiger charge is -2.71. The number of rotatable bonds is 8. The summed E-state index contributed by atoms with van der Waals surface area (Å²) in [7, 11) is 2.03. The van der Waals surface area contributed by atoms with Crippen LogP contribution in [0.1, 0.15) is 106 Å². The van der Waals surface area contributed by atoms with Gasteiger partial charge in [-0.2, -0.15) is 4.80 Å². The SMILES string of the molecule is CNC1(CO[C@H]2[C@H](n3nnc(N)n3)C[C@]3(C)COC[C@@]24C2=CC[C@@]5(C)[C@H](C(=O)O)[C@@](C)([C@H](C)C(C)C)CC[C@]5(C)[C@H]2CC[C@H]34)CCOCC1. The fraction of sp³-hybridized carbons (Fsp3) is 0.895. The molecule has 274 valence electrons. The lowest BCUT2D eigenvalue weighted by atomic mass is 9.34. The van der Waals surface area contributed by atoms with Gasteiger partial charge in [0, 0.05) is 24.2 Å². The molecule has 7 rings (SSSR count). The van der Waals surface area contributed by atoms with Gasteiger partial charge in [0.1, 0.15) is 6.04 Å². The third-order valence-corrected chi connectivity index (χ3v) is 16.3. The molecule has 2 bridgehead atoms. The molecule has 5 fully saturated rings. The molecule has 49 heavy (non-hydrogen) atoms. The van der Waals surface area contributed by atoms with Crippen LogP contribution in [0, 0.1) is 56.7 Å². The highest BCUT2D eigenvalue weighted by Gasteiger charge is 2.73. The number of carboxylic acid groups (broad SMARTS) is 1. The van der Waals surface area contributed by atoms with Crippen molar-refractivity contribution in [3.63, 3.8) is 0 Å². The van der Waals surface area contributed by atoms with Gasteiger partial charge in [-0.1, -0.05) is 65.2 Å². The second-order valence-electron chi connectivity index (χ2n) is 18.5. The van der Waals surface area contributed by atoms with Crippen molar-refractivity contribution in [2.75, 3.05) is 45.8 Å². The van der Waals surface area contributed by atoms with E-state index in [2.05, 4.69) is 75.3 Å². The molecule has 11 heteroatoms. The zero-order valence-corrected chi connectivity index (χ0v) is 31.3. The summed E-state index contributed by atoms with van der Waals surface area (Å²) in [5.41, 5.74) is 5.97. The first-order valence-corrected chi connectivity index (χ1v) is 19.1. The van der Waals surface area contributed by atoms with Gasteiger partial charge in [0.15, 0.2) is 0 Å². The Bertz CT molecular complexity index is 1460. The van der Waals surface area contributed by atoms with Crippen molar-refractivity contribution >= 4 is 11.9 Å². The first kappa shape index (κ1) is 35.3. The van der Waals surface area contributed by atoms with Crippen LogP contribution in [0.5, 0.6) is 0 Å². The smallest absolute Gasteiger partial charge is 0.307 e. The number of aromatic nitrogens is 4. The maximum absolute atomic E-state index is 13.5. The number of ether oxygens (including phenoxy) is 3. The van der Waals surface area contributed by atoms with Crippen LogP contribution in [0.15, 0.2) is 11.6 Å². The normalized spacial score (nSPS) is 45.1. The average Bonchev–Trinajstić information content (AvgIpc) is 3.50. The van der Waals surface area contributed by atoms with E-state index in [1.54, 1.807) is 4.80 Å². The van der Waals surface area contributed by atoms with Gasteiger partial charge in [0.05, 0.1) is 31.8 Å². The predicted octanol–water partition coefficient (Wildman–Crippen LogP) is 5.54. The van der Waals surface area contributed by atoms with Crippen molar-refractivity contribution in [1.29, 1.82) is 0 Å². The number of nitrogen functional groups attached to an aromatic ring is 1. The van der Waals surface area contributed by atoms with Gasteiger partial charge in [-0.25, -0.2) is 0 Å². The molecule has 0 amide bonds. The minimum Gasteiger partial charge on any atom is -0.481 e. The first-order chi connectivity index (χ1) is 23.1. The van der Waals surface area contributed by atoms with E-state index >= 15 is 0 Å². The summed E-state index contributed by atoms with van der Waals surface area (Å²) >= 11 is 0.